The van der Waals surface area contributed by atoms with Crippen LogP contribution in [0.3, 0.4) is 0 Å². The van der Waals surface area contributed by atoms with E-state index < -0.39 is 5.91 Å². The molecule has 0 radical (unpaired) electrons. The monoisotopic (exact) mass is 440 g/mol. The molecule has 4 rings (SSSR count). The highest BCUT2D eigenvalue weighted by atomic mass is 16.5. The molecule has 8 nitrogen and oxygen atoms in total. The van der Waals surface area contributed by atoms with Gasteiger partial charge in [-0.1, -0.05) is 30.3 Å². The molecular formula is C25H20N4O4. The number of para-hydroxylation sites is 1. The van der Waals surface area contributed by atoms with Gasteiger partial charge in [-0.2, -0.15) is 0 Å². The number of hydrogen-bond acceptors (Lipinski definition) is 6. The Morgan fingerprint density at radius 3 is 2.61 bits per heavy atom. The molecule has 0 aliphatic carbocycles. The zero-order chi connectivity index (χ0) is 23.0. The normalized spacial score (nSPS) is 10.3. The van der Waals surface area contributed by atoms with E-state index >= 15 is 0 Å². The van der Waals surface area contributed by atoms with Crippen molar-refractivity contribution in [1.82, 2.24) is 9.97 Å². The van der Waals surface area contributed by atoms with E-state index in [2.05, 4.69) is 15.3 Å². The predicted molar refractivity (Wildman–Crippen MR) is 122 cm³/mol. The minimum Gasteiger partial charge on any atom is -0.488 e. The summed E-state index contributed by atoms with van der Waals surface area (Å²) < 4.78 is 11.4. The van der Waals surface area contributed by atoms with Crippen LogP contribution in [0.2, 0.25) is 0 Å². The largest absolute Gasteiger partial charge is 0.488 e. The Balaban J connectivity index is 1.42. The lowest BCUT2D eigenvalue weighted by Crippen LogP contribution is -2.13. The van der Waals surface area contributed by atoms with Crippen molar-refractivity contribution < 1.29 is 19.1 Å². The molecule has 2 amide bonds. The van der Waals surface area contributed by atoms with Crippen LogP contribution >= 0.6 is 0 Å². The summed E-state index contributed by atoms with van der Waals surface area (Å²) in [5.41, 5.74) is 7.48. The number of primary amides is 1. The molecule has 0 spiro atoms. The molecule has 0 saturated heterocycles. The molecule has 0 atom stereocenters. The van der Waals surface area contributed by atoms with E-state index in [1.807, 2.05) is 6.07 Å². The number of rotatable bonds is 8. The van der Waals surface area contributed by atoms with Crippen LogP contribution in [0.4, 0.5) is 5.69 Å². The van der Waals surface area contributed by atoms with Crippen molar-refractivity contribution in [1.29, 1.82) is 0 Å². The second-order valence-electron chi connectivity index (χ2n) is 6.98. The molecule has 164 valence electrons. The topological polar surface area (TPSA) is 116 Å². The van der Waals surface area contributed by atoms with E-state index in [1.165, 1.54) is 12.4 Å². The number of carbonyl (C=O) groups excluding carboxylic acids is 2. The molecule has 0 aliphatic heterocycles. The van der Waals surface area contributed by atoms with E-state index in [4.69, 9.17) is 15.2 Å². The van der Waals surface area contributed by atoms with Gasteiger partial charge in [0, 0.05) is 29.7 Å². The zero-order valence-corrected chi connectivity index (χ0v) is 17.5. The molecule has 3 N–H and O–H groups in total. The summed E-state index contributed by atoms with van der Waals surface area (Å²) in [6.07, 6.45) is 4.59. The van der Waals surface area contributed by atoms with Crippen molar-refractivity contribution in [3.63, 3.8) is 0 Å². The zero-order valence-electron chi connectivity index (χ0n) is 17.5. The molecule has 3 aromatic carbocycles. The number of nitrogens with zero attached hydrogens (tertiary/aromatic N) is 2. The van der Waals surface area contributed by atoms with Crippen molar-refractivity contribution in [2.45, 2.75) is 6.61 Å². The number of ether oxygens (including phenoxy) is 2. The molecule has 0 bridgehead atoms. The average Bonchev–Trinajstić information content (AvgIpc) is 2.84. The lowest BCUT2D eigenvalue weighted by molar-refractivity contribution is 0.0994. The summed E-state index contributed by atoms with van der Waals surface area (Å²) >= 11 is 0. The highest BCUT2D eigenvalue weighted by molar-refractivity contribution is 6.04. The number of aromatic nitrogens is 2. The van der Waals surface area contributed by atoms with Gasteiger partial charge in [0.1, 0.15) is 18.1 Å². The van der Waals surface area contributed by atoms with Gasteiger partial charge in [0.05, 0.1) is 11.8 Å². The van der Waals surface area contributed by atoms with Crippen molar-refractivity contribution in [2.24, 2.45) is 5.73 Å². The summed E-state index contributed by atoms with van der Waals surface area (Å²) in [7, 11) is 0. The van der Waals surface area contributed by atoms with Gasteiger partial charge in [0.2, 0.25) is 5.88 Å². The Hall–Kier alpha value is -4.72. The van der Waals surface area contributed by atoms with Gasteiger partial charge in [-0.3, -0.25) is 14.6 Å². The first-order valence-electron chi connectivity index (χ1n) is 10.0. The minimum absolute atomic E-state index is 0.173. The fourth-order valence-corrected chi connectivity index (χ4v) is 3.06. The van der Waals surface area contributed by atoms with Gasteiger partial charge in [-0.15, -0.1) is 0 Å². The number of amides is 2. The molecule has 1 aromatic heterocycles. The third-order valence-electron chi connectivity index (χ3n) is 4.59. The highest BCUT2D eigenvalue weighted by Crippen LogP contribution is 2.23. The van der Waals surface area contributed by atoms with Crippen molar-refractivity contribution in [3.8, 4) is 17.4 Å². The standard InChI is InChI=1S/C25H20N4O4/c26-24(30)21-9-1-2-10-22(21)32-16-17-5-3-6-18(13-17)25(31)29-19-7-4-8-20(14-19)33-23-15-27-11-12-28-23/h1-15H,16H2,(H2,26,30)(H,29,31). The number of nitrogens with two attached hydrogens (primary N) is 1. The van der Waals surface area contributed by atoms with Crippen LogP contribution in [0.15, 0.2) is 91.4 Å². The predicted octanol–water partition coefficient (Wildman–Crippen LogP) is 4.20. The fraction of sp³-hybridized carbons (Fsp3) is 0.0400. The first-order valence-corrected chi connectivity index (χ1v) is 10.0. The third-order valence-corrected chi connectivity index (χ3v) is 4.59. The first-order chi connectivity index (χ1) is 16.1. The van der Waals surface area contributed by atoms with Gasteiger partial charge in [0.25, 0.3) is 11.8 Å². The summed E-state index contributed by atoms with van der Waals surface area (Å²) in [4.78, 5) is 32.4. The molecule has 4 aromatic rings. The lowest BCUT2D eigenvalue weighted by Gasteiger charge is -2.11. The molecule has 33 heavy (non-hydrogen) atoms. The Labute approximate surface area is 190 Å². The summed E-state index contributed by atoms with van der Waals surface area (Å²) in [6, 6.07) is 20.7. The molecular weight excluding hydrogens is 420 g/mol. The molecule has 0 fully saturated rings. The minimum atomic E-state index is -0.566. The third kappa shape index (κ3) is 5.71. The SMILES string of the molecule is NC(=O)c1ccccc1OCc1cccc(C(=O)Nc2cccc(Oc3cnccn3)c2)c1. The number of anilines is 1. The van der Waals surface area contributed by atoms with E-state index in [0.29, 0.717) is 34.2 Å². The number of benzene rings is 3. The second kappa shape index (κ2) is 10.1. The molecule has 0 aliphatic rings. The average molecular weight is 440 g/mol. The van der Waals surface area contributed by atoms with Crippen molar-refractivity contribution >= 4 is 17.5 Å². The first kappa shape index (κ1) is 21.5. The lowest BCUT2D eigenvalue weighted by atomic mass is 10.1. The van der Waals surface area contributed by atoms with Gasteiger partial charge >= 0.3 is 0 Å². The van der Waals surface area contributed by atoms with Gasteiger partial charge in [-0.05, 0) is 42.0 Å². The molecule has 1 heterocycles. The Morgan fingerprint density at radius 2 is 1.79 bits per heavy atom. The molecule has 0 unspecified atom stereocenters. The van der Waals surface area contributed by atoms with Gasteiger partial charge < -0.3 is 20.5 Å². The summed E-state index contributed by atoms with van der Waals surface area (Å²) in [5.74, 6) is 0.408. The quantitative estimate of drug-likeness (QED) is 0.424. The molecule has 8 heteroatoms. The van der Waals surface area contributed by atoms with Crippen LogP contribution in [-0.4, -0.2) is 21.8 Å². The van der Waals surface area contributed by atoms with Crippen LogP contribution in [0.25, 0.3) is 0 Å². The Kier molecular flexibility index (Phi) is 6.56. The van der Waals surface area contributed by atoms with Crippen LogP contribution in [0.5, 0.6) is 17.4 Å². The van der Waals surface area contributed by atoms with E-state index in [1.54, 1.807) is 72.9 Å². The maximum atomic E-state index is 12.8. The van der Waals surface area contributed by atoms with Crippen molar-refractivity contribution in [2.75, 3.05) is 5.32 Å². The van der Waals surface area contributed by atoms with Crippen LogP contribution in [0.1, 0.15) is 26.3 Å². The van der Waals surface area contributed by atoms with Crippen LogP contribution in [0, 0.1) is 0 Å². The van der Waals surface area contributed by atoms with Crippen LogP contribution in [-0.2, 0) is 6.61 Å². The van der Waals surface area contributed by atoms with E-state index in [9.17, 15) is 9.59 Å². The van der Waals surface area contributed by atoms with Crippen molar-refractivity contribution in [3.05, 3.63) is 108 Å². The maximum Gasteiger partial charge on any atom is 0.255 e. The smallest absolute Gasteiger partial charge is 0.255 e. The second-order valence-corrected chi connectivity index (χ2v) is 6.98. The number of nitrogens with one attached hydrogen (secondary N) is 1. The Morgan fingerprint density at radius 1 is 0.939 bits per heavy atom. The van der Waals surface area contributed by atoms with Gasteiger partial charge in [-0.25, -0.2) is 4.98 Å². The van der Waals surface area contributed by atoms with E-state index in [0.717, 1.165) is 5.56 Å². The molecule has 0 saturated carbocycles. The van der Waals surface area contributed by atoms with E-state index in [-0.39, 0.29) is 12.5 Å². The summed E-state index contributed by atoms with van der Waals surface area (Å²) in [6.45, 7) is 0.173. The number of hydrogen-bond donors (Lipinski definition) is 2. The van der Waals surface area contributed by atoms with Crippen LogP contribution < -0.4 is 20.5 Å². The van der Waals surface area contributed by atoms with Gasteiger partial charge in [0.15, 0.2) is 0 Å². The fourth-order valence-electron chi connectivity index (χ4n) is 3.06. The number of carbonyl (C=O) groups is 2. The summed E-state index contributed by atoms with van der Waals surface area (Å²) in [5, 5.41) is 2.85. The highest BCUT2D eigenvalue weighted by Gasteiger charge is 2.11. The Bertz CT molecular complexity index is 1280. The maximum absolute atomic E-state index is 12.8.